The summed E-state index contributed by atoms with van der Waals surface area (Å²) >= 11 is 0. The van der Waals surface area contributed by atoms with Crippen molar-refractivity contribution in [3.63, 3.8) is 0 Å². The smallest absolute Gasteiger partial charge is 0.106 e. The molecule has 0 aliphatic heterocycles. The molecule has 0 heterocycles. The maximum Gasteiger partial charge on any atom is 0.106 e. The second-order valence-corrected chi connectivity index (χ2v) is 3.29. The lowest BCUT2D eigenvalue weighted by molar-refractivity contribution is -0.0979. The van der Waals surface area contributed by atoms with Crippen LogP contribution < -0.4 is 0 Å². The van der Waals surface area contributed by atoms with E-state index >= 15 is 0 Å². The minimum Gasteiger partial charge on any atom is -0.381 e. The lowest BCUT2D eigenvalue weighted by Gasteiger charge is -2.12. The molecule has 0 radical (unpaired) electrons. The zero-order valence-electron chi connectivity index (χ0n) is 9.61. The molecular formula is C13H20O2. The summed E-state index contributed by atoms with van der Waals surface area (Å²) in [5.41, 5.74) is 1.40. The second-order valence-electron chi connectivity index (χ2n) is 3.29. The Labute approximate surface area is 92.3 Å². The summed E-state index contributed by atoms with van der Waals surface area (Å²) in [6, 6.07) is 10.6. The predicted molar refractivity (Wildman–Crippen MR) is 63.0 cm³/mol. The van der Waals surface area contributed by atoms with Crippen LogP contribution in [0.2, 0.25) is 0 Å². The Morgan fingerprint density at radius 3 is 2.33 bits per heavy atom. The first-order valence-electron chi connectivity index (χ1n) is 5.22. The third kappa shape index (κ3) is 6.02. The van der Waals surface area contributed by atoms with Crippen LogP contribution in [0.5, 0.6) is 0 Å². The highest BCUT2D eigenvalue weighted by Crippen LogP contribution is 2.08. The van der Waals surface area contributed by atoms with Crippen molar-refractivity contribution >= 4 is 6.79 Å². The van der Waals surface area contributed by atoms with Gasteiger partial charge >= 0.3 is 0 Å². The van der Waals surface area contributed by atoms with E-state index in [1.807, 2.05) is 6.79 Å². The number of benzene rings is 1. The first kappa shape index (κ1) is 13.8. The molecule has 0 fully saturated rings. The maximum absolute atomic E-state index is 8.00. The molecule has 1 aromatic rings. The molecule has 15 heavy (non-hydrogen) atoms. The standard InChI is InChI=1S/C12H18O.CH2O/c1-3-12(13-2)10-9-11-7-5-4-6-8-11;1-2/h4-8,12H,3,9-10H2,1-2H3;1H2. The average molecular weight is 208 g/mol. The number of rotatable bonds is 5. The van der Waals surface area contributed by atoms with Gasteiger partial charge in [-0.1, -0.05) is 37.3 Å². The second kappa shape index (κ2) is 9.41. The van der Waals surface area contributed by atoms with Crippen molar-refractivity contribution in [2.75, 3.05) is 7.11 Å². The summed E-state index contributed by atoms with van der Waals surface area (Å²) in [5.74, 6) is 0. The molecule has 0 aromatic heterocycles. The fraction of sp³-hybridized carbons (Fsp3) is 0.462. The topological polar surface area (TPSA) is 26.3 Å². The van der Waals surface area contributed by atoms with Crippen LogP contribution >= 0.6 is 0 Å². The van der Waals surface area contributed by atoms with Gasteiger partial charge in [-0.15, -0.1) is 0 Å². The highest BCUT2D eigenvalue weighted by atomic mass is 16.5. The average Bonchev–Trinajstić information content (AvgIpc) is 2.34. The SMILES string of the molecule is C=O.CCC(CCc1ccccc1)OC. The summed E-state index contributed by atoms with van der Waals surface area (Å²) in [6.45, 7) is 4.17. The molecule has 2 heteroatoms. The molecular weight excluding hydrogens is 188 g/mol. The van der Waals surface area contributed by atoms with Crippen molar-refractivity contribution < 1.29 is 9.53 Å². The number of aryl methyl sites for hydroxylation is 1. The number of carbonyl (C=O) groups excluding carboxylic acids is 1. The van der Waals surface area contributed by atoms with Crippen LogP contribution in [-0.2, 0) is 16.0 Å². The van der Waals surface area contributed by atoms with Crippen molar-refractivity contribution in [1.82, 2.24) is 0 Å². The van der Waals surface area contributed by atoms with Gasteiger partial charge in [-0.2, -0.15) is 0 Å². The molecule has 1 atom stereocenters. The Hall–Kier alpha value is -1.15. The number of ether oxygens (including phenoxy) is 1. The van der Waals surface area contributed by atoms with Crippen molar-refractivity contribution in [2.24, 2.45) is 0 Å². The Bertz CT molecular complexity index is 230. The van der Waals surface area contributed by atoms with Gasteiger partial charge in [0, 0.05) is 7.11 Å². The van der Waals surface area contributed by atoms with Gasteiger partial charge in [0.25, 0.3) is 0 Å². The van der Waals surface area contributed by atoms with Gasteiger partial charge in [-0.3, -0.25) is 0 Å². The molecule has 0 bridgehead atoms. The van der Waals surface area contributed by atoms with Crippen molar-refractivity contribution in [3.8, 4) is 0 Å². The van der Waals surface area contributed by atoms with E-state index in [0.717, 1.165) is 19.3 Å². The monoisotopic (exact) mass is 208 g/mol. The largest absolute Gasteiger partial charge is 0.381 e. The maximum atomic E-state index is 8.00. The third-order valence-electron chi connectivity index (χ3n) is 2.39. The molecule has 0 aliphatic carbocycles. The number of carbonyl (C=O) groups is 1. The van der Waals surface area contributed by atoms with E-state index in [9.17, 15) is 0 Å². The summed E-state index contributed by atoms with van der Waals surface area (Å²) in [4.78, 5) is 8.00. The first-order chi connectivity index (χ1) is 7.36. The zero-order valence-corrected chi connectivity index (χ0v) is 9.61. The quantitative estimate of drug-likeness (QED) is 0.743. The van der Waals surface area contributed by atoms with Crippen LogP contribution in [0.25, 0.3) is 0 Å². The van der Waals surface area contributed by atoms with Crippen LogP contribution in [0.4, 0.5) is 0 Å². The van der Waals surface area contributed by atoms with E-state index in [2.05, 4.69) is 37.3 Å². The lowest BCUT2D eigenvalue weighted by atomic mass is 10.1. The highest BCUT2D eigenvalue weighted by molar-refractivity contribution is 5.14. The van der Waals surface area contributed by atoms with Gasteiger partial charge in [0.1, 0.15) is 6.79 Å². The van der Waals surface area contributed by atoms with Crippen LogP contribution in [-0.4, -0.2) is 20.0 Å². The summed E-state index contributed by atoms with van der Waals surface area (Å²) < 4.78 is 5.32. The zero-order chi connectivity index (χ0) is 11.5. The van der Waals surface area contributed by atoms with Crippen LogP contribution in [0.1, 0.15) is 25.3 Å². The minimum absolute atomic E-state index is 0.417. The van der Waals surface area contributed by atoms with Gasteiger partial charge in [-0.25, -0.2) is 0 Å². The van der Waals surface area contributed by atoms with Crippen LogP contribution in [0.3, 0.4) is 0 Å². The fourth-order valence-electron chi connectivity index (χ4n) is 1.46. The van der Waals surface area contributed by atoms with E-state index in [-0.39, 0.29) is 0 Å². The molecule has 0 saturated heterocycles. The highest BCUT2D eigenvalue weighted by Gasteiger charge is 2.03. The lowest BCUT2D eigenvalue weighted by Crippen LogP contribution is -2.09. The normalized spacial score (nSPS) is 11.3. The van der Waals surface area contributed by atoms with Crippen LogP contribution in [0, 0.1) is 0 Å². The Balaban J connectivity index is 0.000000921. The van der Waals surface area contributed by atoms with Crippen molar-refractivity contribution in [3.05, 3.63) is 35.9 Å². The van der Waals surface area contributed by atoms with Crippen molar-refractivity contribution in [1.29, 1.82) is 0 Å². The van der Waals surface area contributed by atoms with Gasteiger partial charge in [-0.05, 0) is 24.8 Å². The van der Waals surface area contributed by atoms with E-state index < -0.39 is 0 Å². The molecule has 2 nitrogen and oxygen atoms in total. The molecule has 0 aliphatic rings. The Kier molecular flexibility index (Phi) is 8.69. The van der Waals surface area contributed by atoms with Gasteiger partial charge in [0.05, 0.1) is 6.10 Å². The number of hydrogen-bond acceptors (Lipinski definition) is 2. The molecule has 1 unspecified atom stereocenters. The van der Waals surface area contributed by atoms with Gasteiger partial charge < -0.3 is 9.53 Å². The molecule has 1 aromatic carbocycles. The van der Waals surface area contributed by atoms with E-state index in [4.69, 9.17) is 9.53 Å². The van der Waals surface area contributed by atoms with Gasteiger partial charge in [0.2, 0.25) is 0 Å². The van der Waals surface area contributed by atoms with E-state index in [0.29, 0.717) is 6.10 Å². The summed E-state index contributed by atoms with van der Waals surface area (Å²) in [5, 5.41) is 0. The third-order valence-corrected chi connectivity index (χ3v) is 2.39. The molecule has 0 amide bonds. The molecule has 84 valence electrons. The van der Waals surface area contributed by atoms with E-state index in [1.165, 1.54) is 5.56 Å². The van der Waals surface area contributed by atoms with Gasteiger partial charge in [0.15, 0.2) is 0 Å². The predicted octanol–water partition coefficient (Wildman–Crippen LogP) is 2.86. The Morgan fingerprint density at radius 1 is 1.27 bits per heavy atom. The van der Waals surface area contributed by atoms with Crippen molar-refractivity contribution in [2.45, 2.75) is 32.3 Å². The van der Waals surface area contributed by atoms with E-state index in [1.54, 1.807) is 7.11 Å². The summed E-state index contributed by atoms with van der Waals surface area (Å²) in [6.07, 6.45) is 3.76. The molecule has 0 saturated carbocycles. The molecule has 1 rings (SSSR count). The number of hydrogen-bond donors (Lipinski definition) is 0. The molecule has 0 spiro atoms. The first-order valence-corrected chi connectivity index (χ1v) is 5.22. The summed E-state index contributed by atoms with van der Waals surface area (Å²) in [7, 11) is 1.79. The minimum atomic E-state index is 0.417. The number of methoxy groups -OCH3 is 1. The molecule has 0 N–H and O–H groups in total. The fourth-order valence-corrected chi connectivity index (χ4v) is 1.46. The van der Waals surface area contributed by atoms with Crippen LogP contribution in [0.15, 0.2) is 30.3 Å². The Morgan fingerprint density at radius 2 is 1.87 bits per heavy atom.